The van der Waals surface area contributed by atoms with E-state index in [9.17, 15) is 10.2 Å². The lowest BCUT2D eigenvalue weighted by Gasteiger charge is -2.34. The van der Waals surface area contributed by atoms with Crippen LogP contribution < -0.4 is 0 Å². The van der Waals surface area contributed by atoms with Crippen molar-refractivity contribution in [2.24, 2.45) is 11.3 Å². The number of rotatable bonds is 8. The molecule has 0 aliphatic rings. The van der Waals surface area contributed by atoms with Crippen LogP contribution in [0.3, 0.4) is 0 Å². The van der Waals surface area contributed by atoms with Crippen LogP contribution in [0.4, 0.5) is 0 Å². The predicted molar refractivity (Wildman–Crippen MR) is 60.2 cm³/mol. The first-order valence-corrected chi connectivity index (χ1v) is 5.84. The molecule has 0 atom stereocenters. The summed E-state index contributed by atoms with van der Waals surface area (Å²) in [6.07, 6.45) is 5.76. The van der Waals surface area contributed by atoms with Crippen molar-refractivity contribution in [1.29, 1.82) is 0 Å². The molecule has 0 amide bonds. The molecule has 0 aromatic carbocycles. The maximum atomic E-state index is 9.34. The molecule has 0 heterocycles. The third kappa shape index (κ3) is 3.97. The minimum atomic E-state index is -0.256. The van der Waals surface area contributed by atoms with Gasteiger partial charge in [0.25, 0.3) is 0 Å². The van der Waals surface area contributed by atoms with Crippen LogP contribution in [0.15, 0.2) is 0 Å². The Labute approximate surface area is 88.3 Å². The number of unbranched alkanes of at least 4 members (excludes halogenated alkanes) is 3. The average molecular weight is 202 g/mol. The van der Waals surface area contributed by atoms with Crippen molar-refractivity contribution in [1.82, 2.24) is 0 Å². The second-order valence-corrected chi connectivity index (χ2v) is 4.64. The van der Waals surface area contributed by atoms with E-state index in [2.05, 4.69) is 20.8 Å². The first kappa shape index (κ1) is 13.9. The molecule has 2 heteroatoms. The van der Waals surface area contributed by atoms with Crippen LogP contribution in [0.25, 0.3) is 0 Å². The summed E-state index contributed by atoms with van der Waals surface area (Å²) >= 11 is 0. The first-order valence-electron chi connectivity index (χ1n) is 5.84. The smallest absolute Gasteiger partial charge is 0.0511 e. The quantitative estimate of drug-likeness (QED) is 0.594. The molecular formula is C12H26O2. The van der Waals surface area contributed by atoms with E-state index in [1.807, 2.05) is 0 Å². The highest BCUT2D eigenvalue weighted by molar-refractivity contribution is 4.80. The van der Waals surface area contributed by atoms with Crippen LogP contribution in [0, 0.1) is 11.3 Å². The Bertz CT molecular complexity index is 128. The van der Waals surface area contributed by atoms with E-state index in [4.69, 9.17) is 0 Å². The van der Waals surface area contributed by atoms with Gasteiger partial charge in [-0.3, -0.25) is 0 Å². The highest BCUT2D eigenvalue weighted by Gasteiger charge is 2.31. The first-order chi connectivity index (χ1) is 6.63. The Balaban J connectivity index is 3.95. The molecule has 2 N–H and O–H groups in total. The molecule has 2 nitrogen and oxygen atoms in total. The molecule has 0 aliphatic carbocycles. The zero-order valence-corrected chi connectivity index (χ0v) is 9.92. The van der Waals surface area contributed by atoms with Crippen LogP contribution >= 0.6 is 0 Å². The van der Waals surface area contributed by atoms with Gasteiger partial charge < -0.3 is 10.2 Å². The second-order valence-electron chi connectivity index (χ2n) is 4.64. The van der Waals surface area contributed by atoms with Crippen molar-refractivity contribution >= 4 is 0 Å². The van der Waals surface area contributed by atoms with Gasteiger partial charge in [-0.25, -0.2) is 0 Å². The molecule has 0 radical (unpaired) electrons. The van der Waals surface area contributed by atoms with E-state index in [0.29, 0.717) is 5.92 Å². The van der Waals surface area contributed by atoms with Gasteiger partial charge in [-0.15, -0.1) is 0 Å². The number of hydrogen-bond acceptors (Lipinski definition) is 2. The molecule has 0 saturated carbocycles. The summed E-state index contributed by atoms with van der Waals surface area (Å²) in [7, 11) is 0. The van der Waals surface area contributed by atoms with Crippen molar-refractivity contribution in [2.45, 2.75) is 52.9 Å². The fourth-order valence-corrected chi connectivity index (χ4v) is 1.77. The van der Waals surface area contributed by atoms with Gasteiger partial charge in [0.2, 0.25) is 0 Å². The van der Waals surface area contributed by atoms with Crippen LogP contribution in [-0.2, 0) is 0 Å². The highest BCUT2D eigenvalue weighted by atomic mass is 16.3. The largest absolute Gasteiger partial charge is 0.396 e. The normalized spacial score (nSPS) is 12.4. The lowest BCUT2D eigenvalue weighted by atomic mass is 9.74. The molecule has 0 saturated heterocycles. The molecule has 0 rings (SSSR count). The zero-order valence-electron chi connectivity index (χ0n) is 9.92. The standard InChI is InChI=1S/C12H26O2/c1-4-5-6-7-8-12(9-13,10-14)11(2)3/h11,13-14H,4-10H2,1-3H3. The number of aliphatic hydroxyl groups excluding tert-OH is 2. The lowest BCUT2D eigenvalue weighted by molar-refractivity contribution is 0.00689. The van der Waals surface area contributed by atoms with E-state index in [1.165, 1.54) is 19.3 Å². The number of aliphatic hydroxyl groups is 2. The van der Waals surface area contributed by atoms with Gasteiger partial charge >= 0.3 is 0 Å². The molecule has 86 valence electrons. The molecule has 0 unspecified atom stereocenters. The topological polar surface area (TPSA) is 40.5 Å². The third-order valence-corrected chi connectivity index (χ3v) is 3.38. The summed E-state index contributed by atoms with van der Waals surface area (Å²) in [4.78, 5) is 0. The van der Waals surface area contributed by atoms with Gasteiger partial charge in [-0.1, -0.05) is 46.5 Å². The summed E-state index contributed by atoms with van der Waals surface area (Å²) in [6.45, 7) is 6.55. The van der Waals surface area contributed by atoms with Crippen LogP contribution in [0.1, 0.15) is 52.9 Å². The Morgan fingerprint density at radius 2 is 1.57 bits per heavy atom. The van der Waals surface area contributed by atoms with Crippen molar-refractivity contribution in [3.05, 3.63) is 0 Å². The fraction of sp³-hybridized carbons (Fsp3) is 1.00. The molecule has 0 spiro atoms. The number of hydrogen-bond donors (Lipinski definition) is 2. The average Bonchev–Trinajstić information content (AvgIpc) is 2.18. The summed E-state index contributed by atoms with van der Waals surface area (Å²) in [5.74, 6) is 0.346. The maximum Gasteiger partial charge on any atom is 0.0511 e. The van der Waals surface area contributed by atoms with Crippen molar-refractivity contribution < 1.29 is 10.2 Å². The predicted octanol–water partition coefficient (Wildman–Crippen LogP) is 2.58. The fourth-order valence-electron chi connectivity index (χ4n) is 1.77. The van der Waals surface area contributed by atoms with E-state index in [0.717, 1.165) is 12.8 Å². The van der Waals surface area contributed by atoms with Gasteiger partial charge in [-0.05, 0) is 12.3 Å². The summed E-state index contributed by atoms with van der Waals surface area (Å²) in [5.41, 5.74) is -0.256. The molecule has 0 aliphatic heterocycles. The van der Waals surface area contributed by atoms with E-state index in [-0.39, 0.29) is 18.6 Å². The molecule has 0 fully saturated rings. The molecular weight excluding hydrogens is 176 g/mol. The van der Waals surface area contributed by atoms with Crippen molar-refractivity contribution in [3.8, 4) is 0 Å². The third-order valence-electron chi connectivity index (χ3n) is 3.38. The second kappa shape index (κ2) is 7.24. The van der Waals surface area contributed by atoms with Crippen molar-refractivity contribution in [2.75, 3.05) is 13.2 Å². The van der Waals surface area contributed by atoms with Gasteiger partial charge in [0.05, 0.1) is 13.2 Å². The van der Waals surface area contributed by atoms with Crippen LogP contribution in [-0.4, -0.2) is 23.4 Å². The minimum absolute atomic E-state index is 0.104. The Morgan fingerprint density at radius 1 is 1.00 bits per heavy atom. The zero-order chi connectivity index (χ0) is 11.0. The minimum Gasteiger partial charge on any atom is -0.396 e. The molecule has 14 heavy (non-hydrogen) atoms. The summed E-state index contributed by atoms with van der Waals surface area (Å²) in [5, 5.41) is 18.7. The SMILES string of the molecule is CCCCCCC(CO)(CO)C(C)C. The summed E-state index contributed by atoms with van der Waals surface area (Å²) in [6, 6.07) is 0. The van der Waals surface area contributed by atoms with E-state index >= 15 is 0 Å². The molecule has 0 aromatic rings. The molecule has 0 bridgehead atoms. The van der Waals surface area contributed by atoms with Crippen LogP contribution in [0.5, 0.6) is 0 Å². The van der Waals surface area contributed by atoms with E-state index < -0.39 is 0 Å². The molecule has 0 aromatic heterocycles. The monoisotopic (exact) mass is 202 g/mol. The van der Waals surface area contributed by atoms with Gasteiger partial charge in [0.15, 0.2) is 0 Å². The van der Waals surface area contributed by atoms with Gasteiger partial charge in [0.1, 0.15) is 0 Å². The van der Waals surface area contributed by atoms with Gasteiger partial charge in [-0.2, -0.15) is 0 Å². The highest BCUT2D eigenvalue weighted by Crippen LogP contribution is 2.32. The Hall–Kier alpha value is -0.0800. The Kier molecular flexibility index (Phi) is 7.20. The maximum absolute atomic E-state index is 9.34. The lowest BCUT2D eigenvalue weighted by Crippen LogP contribution is -2.35. The van der Waals surface area contributed by atoms with E-state index in [1.54, 1.807) is 0 Å². The summed E-state index contributed by atoms with van der Waals surface area (Å²) < 4.78 is 0. The van der Waals surface area contributed by atoms with Crippen molar-refractivity contribution in [3.63, 3.8) is 0 Å². The van der Waals surface area contributed by atoms with Crippen LogP contribution in [0.2, 0.25) is 0 Å². The Morgan fingerprint density at radius 3 is 1.93 bits per heavy atom. The van der Waals surface area contributed by atoms with Gasteiger partial charge in [0, 0.05) is 5.41 Å².